The minimum Gasteiger partial charge on any atom is -0.444 e. The molecule has 1 saturated heterocycles. The number of hydrogen-bond donors (Lipinski definition) is 0. The molecule has 6 heteroatoms. The highest BCUT2D eigenvalue weighted by Gasteiger charge is 2.31. The van der Waals surface area contributed by atoms with Crippen LogP contribution in [0.5, 0.6) is 0 Å². The van der Waals surface area contributed by atoms with E-state index < -0.39 is 11.5 Å². The highest BCUT2D eigenvalue weighted by atomic mass is 19.3. The van der Waals surface area contributed by atoms with Crippen LogP contribution in [0.2, 0.25) is 0 Å². The van der Waals surface area contributed by atoms with Crippen molar-refractivity contribution < 1.29 is 18.3 Å². The van der Waals surface area contributed by atoms with Crippen LogP contribution in [0.25, 0.3) is 0 Å². The number of rotatable bonds is 3. The van der Waals surface area contributed by atoms with Gasteiger partial charge in [-0.2, -0.15) is 0 Å². The van der Waals surface area contributed by atoms with Gasteiger partial charge in [-0.3, -0.25) is 4.90 Å². The second-order valence-electron chi connectivity index (χ2n) is 6.67. The molecule has 0 atom stereocenters. The molecule has 1 aliphatic heterocycles. The number of hydrogen-bond acceptors (Lipinski definition) is 3. The van der Waals surface area contributed by atoms with Crippen molar-refractivity contribution in [3.05, 3.63) is 0 Å². The normalized spacial score (nSPS) is 18.9. The molecule has 0 aromatic rings. The first-order valence-electron chi connectivity index (χ1n) is 7.04. The summed E-state index contributed by atoms with van der Waals surface area (Å²) in [7, 11) is 1.71. The van der Waals surface area contributed by atoms with Crippen LogP contribution in [0.4, 0.5) is 13.6 Å². The van der Waals surface area contributed by atoms with Crippen LogP contribution in [0.1, 0.15) is 40.5 Å². The van der Waals surface area contributed by atoms with Gasteiger partial charge in [0.1, 0.15) is 5.60 Å². The molecule has 0 unspecified atom stereocenters. The fourth-order valence-corrected chi connectivity index (χ4v) is 2.34. The van der Waals surface area contributed by atoms with E-state index in [1.165, 1.54) is 0 Å². The Kier molecular flexibility index (Phi) is 5.35. The second-order valence-corrected chi connectivity index (χ2v) is 6.67. The molecule has 1 rings (SSSR count). The average molecular weight is 292 g/mol. The Morgan fingerprint density at radius 1 is 1.25 bits per heavy atom. The van der Waals surface area contributed by atoms with E-state index in [0.717, 1.165) is 6.92 Å². The van der Waals surface area contributed by atoms with Gasteiger partial charge in [0.2, 0.25) is 0 Å². The number of alkyl halides is 2. The molecule has 0 aliphatic carbocycles. The van der Waals surface area contributed by atoms with Gasteiger partial charge in [0, 0.05) is 33.1 Å². The van der Waals surface area contributed by atoms with Gasteiger partial charge in [-0.05, 0) is 33.6 Å². The molecule has 118 valence electrons. The summed E-state index contributed by atoms with van der Waals surface area (Å²) in [5.41, 5.74) is -0.518. The first-order valence-corrected chi connectivity index (χ1v) is 7.04. The summed E-state index contributed by atoms with van der Waals surface area (Å²) in [5.74, 6) is -2.66. The van der Waals surface area contributed by atoms with Crippen molar-refractivity contribution in [3.8, 4) is 0 Å². The van der Waals surface area contributed by atoms with Crippen molar-refractivity contribution in [3.63, 3.8) is 0 Å². The Bertz CT molecular complexity index is 329. The van der Waals surface area contributed by atoms with Crippen molar-refractivity contribution in [1.82, 2.24) is 9.80 Å². The monoisotopic (exact) mass is 292 g/mol. The zero-order valence-electron chi connectivity index (χ0n) is 13.1. The van der Waals surface area contributed by atoms with Crippen LogP contribution in [0.3, 0.4) is 0 Å². The number of carbonyl (C=O) groups is 1. The number of piperidine rings is 1. The van der Waals surface area contributed by atoms with Crippen LogP contribution >= 0.6 is 0 Å². The maximum absolute atomic E-state index is 13.0. The molecule has 0 N–H and O–H groups in total. The van der Waals surface area contributed by atoms with Crippen molar-refractivity contribution in [2.45, 2.75) is 58.1 Å². The standard InChI is InChI=1S/C14H26F2N2O2/c1-13(2,3)20-12(19)17(5)11-6-8-18(9-7-11)10-14(4,15)16/h11H,6-10H2,1-5H3. The van der Waals surface area contributed by atoms with Gasteiger partial charge in [-0.15, -0.1) is 0 Å². The third-order valence-electron chi connectivity index (χ3n) is 3.29. The Hall–Kier alpha value is -0.910. The van der Waals surface area contributed by atoms with Crippen molar-refractivity contribution >= 4 is 6.09 Å². The SMILES string of the molecule is CN(C(=O)OC(C)(C)C)C1CCN(CC(C)(F)F)CC1. The maximum atomic E-state index is 13.0. The lowest BCUT2D eigenvalue weighted by Gasteiger charge is -2.37. The molecule has 1 amide bonds. The van der Waals surface area contributed by atoms with E-state index in [2.05, 4.69) is 0 Å². The lowest BCUT2D eigenvalue weighted by molar-refractivity contribution is -0.0273. The quantitative estimate of drug-likeness (QED) is 0.801. The molecule has 0 radical (unpaired) electrons. The summed E-state index contributed by atoms with van der Waals surface area (Å²) in [6.45, 7) is 7.37. The number of likely N-dealkylation sites (tertiary alicyclic amines) is 1. The summed E-state index contributed by atoms with van der Waals surface area (Å²) in [5, 5.41) is 0. The van der Waals surface area contributed by atoms with Crippen molar-refractivity contribution in [2.24, 2.45) is 0 Å². The van der Waals surface area contributed by atoms with E-state index in [1.54, 1.807) is 16.8 Å². The van der Waals surface area contributed by atoms with Crippen molar-refractivity contribution in [1.29, 1.82) is 0 Å². The highest BCUT2D eigenvalue weighted by molar-refractivity contribution is 5.68. The zero-order chi connectivity index (χ0) is 15.6. The van der Waals surface area contributed by atoms with E-state index in [-0.39, 0.29) is 18.7 Å². The largest absolute Gasteiger partial charge is 0.444 e. The third-order valence-corrected chi connectivity index (χ3v) is 3.29. The van der Waals surface area contributed by atoms with Crippen LogP contribution in [0.15, 0.2) is 0 Å². The van der Waals surface area contributed by atoms with Gasteiger partial charge in [-0.25, -0.2) is 13.6 Å². The highest BCUT2D eigenvalue weighted by Crippen LogP contribution is 2.21. The number of amides is 1. The Morgan fingerprint density at radius 2 is 1.75 bits per heavy atom. The van der Waals surface area contributed by atoms with Gasteiger partial charge in [0.15, 0.2) is 0 Å². The minimum atomic E-state index is -2.66. The molecule has 1 fully saturated rings. The fraction of sp³-hybridized carbons (Fsp3) is 0.929. The number of halogens is 2. The number of carbonyl (C=O) groups excluding carboxylic acids is 1. The molecule has 0 aromatic heterocycles. The smallest absolute Gasteiger partial charge is 0.410 e. The molecule has 20 heavy (non-hydrogen) atoms. The lowest BCUT2D eigenvalue weighted by atomic mass is 10.0. The van der Waals surface area contributed by atoms with E-state index in [4.69, 9.17) is 4.74 Å². The maximum Gasteiger partial charge on any atom is 0.410 e. The van der Waals surface area contributed by atoms with Crippen LogP contribution < -0.4 is 0 Å². The molecule has 0 saturated carbocycles. The summed E-state index contributed by atoms with van der Waals surface area (Å²) in [6.07, 6.45) is 1.05. The summed E-state index contributed by atoms with van der Waals surface area (Å²) >= 11 is 0. The third kappa shape index (κ3) is 6.03. The van der Waals surface area contributed by atoms with E-state index in [1.807, 2.05) is 20.8 Å². The number of nitrogens with zero attached hydrogens (tertiary/aromatic N) is 2. The van der Waals surface area contributed by atoms with Gasteiger partial charge in [-0.1, -0.05) is 0 Å². The summed E-state index contributed by atoms with van der Waals surface area (Å²) in [4.78, 5) is 15.3. The molecular weight excluding hydrogens is 266 g/mol. The summed E-state index contributed by atoms with van der Waals surface area (Å²) in [6, 6.07) is 0.0616. The van der Waals surface area contributed by atoms with E-state index >= 15 is 0 Å². The first-order chi connectivity index (χ1) is 8.98. The van der Waals surface area contributed by atoms with Gasteiger partial charge in [0.25, 0.3) is 5.92 Å². The molecule has 0 spiro atoms. The van der Waals surface area contributed by atoms with Crippen LogP contribution in [-0.2, 0) is 4.74 Å². The molecule has 1 aliphatic rings. The van der Waals surface area contributed by atoms with Crippen molar-refractivity contribution in [2.75, 3.05) is 26.7 Å². The Balaban J connectivity index is 2.43. The van der Waals surface area contributed by atoms with Gasteiger partial charge in [0.05, 0.1) is 6.54 Å². The summed E-state index contributed by atoms with van der Waals surface area (Å²) < 4.78 is 31.2. The predicted molar refractivity (Wildman–Crippen MR) is 74.1 cm³/mol. The van der Waals surface area contributed by atoms with Crippen LogP contribution in [-0.4, -0.2) is 60.1 Å². The molecule has 1 heterocycles. The van der Waals surface area contributed by atoms with Crippen LogP contribution in [0, 0.1) is 0 Å². The fourth-order valence-electron chi connectivity index (χ4n) is 2.34. The molecule has 0 bridgehead atoms. The lowest BCUT2D eigenvalue weighted by Crippen LogP contribution is -2.48. The average Bonchev–Trinajstić information content (AvgIpc) is 2.24. The molecule has 4 nitrogen and oxygen atoms in total. The van der Waals surface area contributed by atoms with Gasteiger partial charge < -0.3 is 9.64 Å². The Morgan fingerprint density at radius 3 is 2.15 bits per heavy atom. The minimum absolute atomic E-state index is 0.0616. The molecular formula is C14H26F2N2O2. The van der Waals surface area contributed by atoms with E-state index in [0.29, 0.717) is 25.9 Å². The molecule has 0 aromatic carbocycles. The zero-order valence-corrected chi connectivity index (χ0v) is 13.1. The number of ether oxygens (including phenoxy) is 1. The Labute approximate surface area is 120 Å². The van der Waals surface area contributed by atoms with Gasteiger partial charge >= 0.3 is 6.09 Å². The topological polar surface area (TPSA) is 32.8 Å². The first kappa shape index (κ1) is 17.1. The van der Waals surface area contributed by atoms with E-state index in [9.17, 15) is 13.6 Å². The second kappa shape index (κ2) is 6.24. The predicted octanol–water partition coefficient (Wildman–Crippen LogP) is 2.97.